The van der Waals surface area contributed by atoms with Gasteiger partial charge >= 0.3 is 0 Å². The molecule has 1 aliphatic rings. The van der Waals surface area contributed by atoms with Crippen LogP contribution >= 0.6 is 0 Å². The molecule has 1 saturated heterocycles. The second kappa shape index (κ2) is 10.0. The van der Waals surface area contributed by atoms with Gasteiger partial charge in [-0.1, -0.05) is 38.6 Å². The Kier molecular flexibility index (Phi) is 11.2. The van der Waals surface area contributed by atoms with E-state index in [-0.39, 0.29) is 47.6 Å². The molecule has 0 amide bonds. The number of rotatable bonds is 2. The molecular formula is C16H27O4Y-. The van der Waals surface area contributed by atoms with Crippen molar-refractivity contribution in [3.63, 3.8) is 0 Å². The summed E-state index contributed by atoms with van der Waals surface area (Å²) < 4.78 is 5.61. The first kappa shape index (κ1) is 23.4. The number of hydrogen-bond donors (Lipinski definition) is 3. The fourth-order valence-corrected chi connectivity index (χ4v) is 2.32. The van der Waals surface area contributed by atoms with Crippen molar-refractivity contribution >= 4 is 0 Å². The zero-order chi connectivity index (χ0) is 13.3. The van der Waals surface area contributed by atoms with Crippen LogP contribution in [-0.4, -0.2) is 39.7 Å². The van der Waals surface area contributed by atoms with Gasteiger partial charge < -0.3 is 27.5 Å². The van der Waals surface area contributed by atoms with Crippen molar-refractivity contribution in [1.29, 1.82) is 0 Å². The summed E-state index contributed by atoms with van der Waals surface area (Å²) >= 11 is 0. The van der Waals surface area contributed by atoms with Crippen LogP contribution in [0.1, 0.15) is 38.5 Å². The predicted molar refractivity (Wildman–Crippen MR) is 80.3 cm³/mol. The van der Waals surface area contributed by atoms with E-state index in [4.69, 9.17) is 4.74 Å². The van der Waals surface area contributed by atoms with Gasteiger partial charge in [0, 0.05) is 32.7 Å². The molecule has 5 atom stereocenters. The molecule has 1 heterocycles. The number of benzene rings is 1. The number of ether oxygens (including phenoxy) is 1. The van der Waals surface area contributed by atoms with E-state index < -0.39 is 30.5 Å². The average Bonchev–Trinajstić information content (AvgIpc) is 2.40. The molecule has 119 valence electrons. The Morgan fingerprint density at radius 2 is 1.71 bits per heavy atom. The second-order valence-electron chi connectivity index (χ2n) is 4.83. The minimum atomic E-state index is -1.18. The van der Waals surface area contributed by atoms with Crippen molar-refractivity contribution in [2.45, 2.75) is 58.2 Å². The molecule has 0 aromatic heterocycles. The van der Waals surface area contributed by atoms with E-state index in [0.29, 0.717) is 0 Å². The van der Waals surface area contributed by atoms with Gasteiger partial charge in [-0.3, -0.25) is 0 Å². The predicted octanol–water partition coefficient (Wildman–Crippen LogP) is 1.88. The molecule has 0 spiro atoms. The summed E-state index contributed by atoms with van der Waals surface area (Å²) in [4.78, 5) is 0. The van der Waals surface area contributed by atoms with Crippen molar-refractivity contribution < 1.29 is 52.8 Å². The Morgan fingerprint density at radius 1 is 1.10 bits per heavy atom. The number of aliphatic hydroxyl groups is 3. The molecule has 0 aliphatic carbocycles. The Morgan fingerprint density at radius 3 is 2.29 bits per heavy atom. The minimum absolute atomic E-state index is 0. The molecule has 5 heteroatoms. The van der Waals surface area contributed by atoms with E-state index in [1.807, 2.05) is 24.3 Å². The summed E-state index contributed by atoms with van der Waals surface area (Å²) in [5, 5.41) is 29.4. The minimum Gasteiger partial charge on any atom is -0.388 e. The molecule has 21 heavy (non-hydrogen) atoms. The van der Waals surface area contributed by atoms with Gasteiger partial charge in [0.25, 0.3) is 0 Å². The third kappa shape index (κ3) is 5.09. The maximum Gasteiger partial charge on any atom is 0.113 e. The molecule has 1 radical (unpaired) electrons. The van der Waals surface area contributed by atoms with E-state index in [1.165, 1.54) is 0 Å². The molecule has 1 aliphatic heterocycles. The van der Waals surface area contributed by atoms with Crippen LogP contribution in [0.3, 0.4) is 0 Å². The van der Waals surface area contributed by atoms with Gasteiger partial charge in [-0.15, -0.1) is 0 Å². The van der Waals surface area contributed by atoms with Crippen LogP contribution in [-0.2, 0) is 43.9 Å². The van der Waals surface area contributed by atoms with Crippen LogP contribution < -0.4 is 0 Å². The zero-order valence-electron chi connectivity index (χ0n) is 12.2. The first-order chi connectivity index (χ1) is 8.54. The van der Waals surface area contributed by atoms with E-state index in [9.17, 15) is 15.3 Å². The van der Waals surface area contributed by atoms with Crippen molar-refractivity contribution in [2.24, 2.45) is 0 Å². The zero-order valence-corrected chi connectivity index (χ0v) is 15.1. The quantitative estimate of drug-likeness (QED) is 0.694. The number of aryl methyl sites for hydroxylation is 1. The van der Waals surface area contributed by atoms with Crippen molar-refractivity contribution in [2.75, 3.05) is 0 Å². The maximum absolute atomic E-state index is 10.0. The van der Waals surface area contributed by atoms with E-state index >= 15 is 0 Å². The van der Waals surface area contributed by atoms with E-state index in [0.717, 1.165) is 17.5 Å². The summed E-state index contributed by atoms with van der Waals surface area (Å²) in [5.41, 5.74) is 1.98. The third-order valence-electron chi connectivity index (χ3n) is 3.54. The summed E-state index contributed by atoms with van der Waals surface area (Å²) in [7, 11) is 0. The van der Waals surface area contributed by atoms with Crippen LogP contribution in [0.2, 0.25) is 0 Å². The van der Waals surface area contributed by atoms with Crippen molar-refractivity contribution in [3.05, 3.63) is 42.8 Å². The van der Waals surface area contributed by atoms with Crippen LogP contribution in [0.4, 0.5) is 0 Å². The van der Waals surface area contributed by atoms with Gasteiger partial charge in [-0.2, -0.15) is 0 Å². The fourth-order valence-electron chi connectivity index (χ4n) is 2.32. The van der Waals surface area contributed by atoms with Gasteiger partial charge in [0.2, 0.25) is 0 Å². The molecule has 1 aromatic rings. The largest absolute Gasteiger partial charge is 0.388 e. The van der Waals surface area contributed by atoms with Crippen LogP contribution in [0.5, 0.6) is 0 Å². The molecule has 0 bridgehead atoms. The van der Waals surface area contributed by atoms with Gasteiger partial charge in [-0.25, -0.2) is 0 Å². The molecular weight excluding hydrogens is 345 g/mol. The molecule has 4 nitrogen and oxygen atoms in total. The van der Waals surface area contributed by atoms with Crippen LogP contribution in [0.25, 0.3) is 0 Å². The first-order valence-electron chi connectivity index (χ1n) is 6.33. The summed E-state index contributed by atoms with van der Waals surface area (Å²) in [6.07, 6.45) is -3.53. The molecule has 0 unspecified atom stereocenters. The van der Waals surface area contributed by atoms with E-state index in [2.05, 4.69) is 6.92 Å². The summed E-state index contributed by atoms with van der Waals surface area (Å²) in [6.45, 7) is 3.74. The average molecular weight is 372 g/mol. The number of hydrogen-bond acceptors (Lipinski definition) is 4. The first-order valence-corrected chi connectivity index (χ1v) is 6.33. The van der Waals surface area contributed by atoms with Crippen molar-refractivity contribution in [1.82, 2.24) is 0 Å². The van der Waals surface area contributed by atoms with Gasteiger partial charge in [0.1, 0.15) is 24.4 Å². The van der Waals surface area contributed by atoms with E-state index in [1.54, 1.807) is 6.92 Å². The van der Waals surface area contributed by atoms with Crippen LogP contribution in [0, 0.1) is 7.43 Å². The smallest absolute Gasteiger partial charge is 0.113 e. The maximum atomic E-state index is 10.0. The van der Waals surface area contributed by atoms with Crippen molar-refractivity contribution in [3.8, 4) is 0 Å². The molecule has 2 rings (SSSR count). The number of aliphatic hydroxyl groups excluding tert-OH is 3. The SMILES string of the molecule is C.CCc1cccc([C@@H]2O[C@H](C)[C@@H](O)[C@H](O)[C@H]2O)c1.[CH3-].[Y]. The Hall–Kier alpha value is 0.164. The summed E-state index contributed by atoms with van der Waals surface area (Å²) in [5.74, 6) is 0. The molecule has 0 saturated carbocycles. The van der Waals surface area contributed by atoms with Gasteiger partial charge in [0.15, 0.2) is 0 Å². The van der Waals surface area contributed by atoms with Gasteiger partial charge in [0.05, 0.1) is 6.10 Å². The summed E-state index contributed by atoms with van der Waals surface area (Å²) in [6, 6.07) is 7.74. The Bertz CT molecular complexity index is 413. The topological polar surface area (TPSA) is 69.9 Å². The Labute approximate surface area is 153 Å². The standard InChI is InChI=1S/C14H20O4.CH4.CH3.Y/c1-3-9-5-4-6-10(7-9)14-13(17)12(16)11(15)8(2)18-14;;;/h4-8,11-17H,3H2,1-2H3;1H4;1H3;/q;;-1;/t8-,11-,12+,13-,14+;;;/m1.../s1. The fraction of sp³-hybridized carbons (Fsp3) is 0.562. The molecule has 1 fully saturated rings. The Balaban J connectivity index is 0. The monoisotopic (exact) mass is 372 g/mol. The van der Waals surface area contributed by atoms with Crippen LogP contribution in [0.15, 0.2) is 24.3 Å². The normalized spacial score (nSPS) is 31.4. The van der Waals surface area contributed by atoms with Gasteiger partial charge in [-0.05, 0) is 24.5 Å². The molecule has 3 N–H and O–H groups in total. The molecule has 1 aromatic carbocycles. The second-order valence-corrected chi connectivity index (χ2v) is 4.83. The third-order valence-corrected chi connectivity index (χ3v) is 3.54.